The molecular weight excluding hydrogens is 314 g/mol. The number of amides is 1. The average molecular weight is 335 g/mol. The summed E-state index contributed by atoms with van der Waals surface area (Å²) < 4.78 is 5.64. The van der Waals surface area contributed by atoms with Crippen molar-refractivity contribution in [3.05, 3.63) is 66.4 Å². The first-order chi connectivity index (χ1) is 12.1. The maximum atomic E-state index is 12.5. The van der Waals surface area contributed by atoms with Crippen LogP contribution in [0.25, 0.3) is 10.9 Å². The van der Waals surface area contributed by atoms with Crippen molar-refractivity contribution in [3.8, 4) is 5.75 Å². The Bertz CT molecular complexity index is 855. The van der Waals surface area contributed by atoms with Gasteiger partial charge in [0.1, 0.15) is 12.4 Å². The van der Waals surface area contributed by atoms with Crippen LogP contribution in [0.3, 0.4) is 0 Å². The molecule has 0 atom stereocenters. The zero-order chi connectivity index (χ0) is 17.6. The van der Waals surface area contributed by atoms with Crippen LogP contribution in [0.15, 0.2) is 60.8 Å². The van der Waals surface area contributed by atoms with Crippen LogP contribution < -0.4 is 10.1 Å². The second-order valence-electron chi connectivity index (χ2n) is 6.01. The highest BCUT2D eigenvalue weighted by Gasteiger charge is 2.09. The van der Waals surface area contributed by atoms with Crippen LogP contribution in [0, 0.1) is 0 Å². The lowest BCUT2D eigenvalue weighted by Crippen LogP contribution is -2.19. The normalized spacial score (nSPS) is 10.8. The van der Waals surface area contributed by atoms with E-state index >= 15 is 0 Å². The van der Waals surface area contributed by atoms with Crippen molar-refractivity contribution in [1.82, 2.24) is 9.88 Å². The number of anilines is 1. The fraction of sp³-hybridized carbons (Fsp3) is 0.200. The molecule has 1 N–H and O–H groups in total. The molecule has 0 unspecified atom stereocenters. The van der Waals surface area contributed by atoms with Crippen LogP contribution in [-0.4, -0.2) is 43.0 Å². The summed E-state index contributed by atoms with van der Waals surface area (Å²) >= 11 is 0. The molecule has 1 amide bonds. The van der Waals surface area contributed by atoms with Crippen molar-refractivity contribution in [2.45, 2.75) is 0 Å². The summed E-state index contributed by atoms with van der Waals surface area (Å²) in [6, 6.07) is 16.7. The molecule has 0 radical (unpaired) electrons. The van der Waals surface area contributed by atoms with Crippen LogP contribution in [-0.2, 0) is 0 Å². The molecule has 2 aromatic carbocycles. The van der Waals surface area contributed by atoms with Crippen molar-refractivity contribution in [2.75, 3.05) is 32.6 Å². The Morgan fingerprint density at radius 2 is 1.84 bits per heavy atom. The van der Waals surface area contributed by atoms with Gasteiger partial charge in [-0.05, 0) is 50.5 Å². The molecule has 0 saturated carbocycles. The highest BCUT2D eigenvalue weighted by molar-refractivity contribution is 6.08. The Balaban J connectivity index is 1.68. The van der Waals surface area contributed by atoms with Crippen molar-refractivity contribution in [2.24, 2.45) is 0 Å². The molecule has 0 spiro atoms. The molecule has 0 aliphatic heterocycles. The van der Waals surface area contributed by atoms with E-state index in [9.17, 15) is 4.79 Å². The summed E-state index contributed by atoms with van der Waals surface area (Å²) in [5.41, 5.74) is 2.06. The minimum absolute atomic E-state index is 0.169. The largest absolute Gasteiger partial charge is 0.492 e. The quantitative estimate of drug-likeness (QED) is 0.750. The number of likely N-dealkylation sites (N-methyl/N-ethyl adjacent to an activating group) is 1. The molecule has 1 aromatic heterocycles. The maximum Gasteiger partial charge on any atom is 0.255 e. The summed E-state index contributed by atoms with van der Waals surface area (Å²) in [5.74, 6) is 0.586. The molecule has 0 saturated heterocycles. The molecule has 0 fully saturated rings. The number of ether oxygens (including phenoxy) is 1. The summed E-state index contributed by atoms with van der Waals surface area (Å²) in [6.07, 6.45) is 1.72. The molecule has 0 aliphatic rings. The fourth-order valence-corrected chi connectivity index (χ4v) is 2.45. The third-order valence-corrected chi connectivity index (χ3v) is 3.80. The van der Waals surface area contributed by atoms with E-state index in [1.165, 1.54) is 0 Å². The third-order valence-electron chi connectivity index (χ3n) is 3.80. The Morgan fingerprint density at radius 1 is 1.08 bits per heavy atom. The minimum atomic E-state index is -0.169. The molecule has 3 aromatic rings. The Kier molecular flexibility index (Phi) is 5.26. The Morgan fingerprint density at radius 3 is 2.60 bits per heavy atom. The van der Waals surface area contributed by atoms with E-state index in [1.807, 2.05) is 56.6 Å². The van der Waals surface area contributed by atoms with Gasteiger partial charge in [0.15, 0.2) is 0 Å². The number of benzene rings is 2. The van der Waals surface area contributed by atoms with Crippen molar-refractivity contribution in [3.63, 3.8) is 0 Å². The average Bonchev–Trinajstić information content (AvgIpc) is 2.62. The zero-order valence-corrected chi connectivity index (χ0v) is 14.4. The molecular formula is C20H21N3O2. The van der Waals surface area contributed by atoms with Gasteiger partial charge in [-0.1, -0.05) is 18.2 Å². The predicted octanol–water partition coefficient (Wildman–Crippen LogP) is 3.43. The van der Waals surface area contributed by atoms with Gasteiger partial charge >= 0.3 is 0 Å². The predicted molar refractivity (Wildman–Crippen MR) is 100 cm³/mol. The van der Waals surface area contributed by atoms with Crippen LogP contribution >= 0.6 is 0 Å². The van der Waals surface area contributed by atoms with Crippen molar-refractivity contribution >= 4 is 22.5 Å². The van der Waals surface area contributed by atoms with Crippen LogP contribution in [0.5, 0.6) is 5.75 Å². The van der Waals surface area contributed by atoms with Gasteiger partial charge in [0, 0.05) is 23.7 Å². The highest BCUT2D eigenvalue weighted by atomic mass is 16.5. The molecule has 3 rings (SSSR count). The van der Waals surface area contributed by atoms with Gasteiger partial charge in [0.2, 0.25) is 0 Å². The second kappa shape index (κ2) is 7.77. The lowest BCUT2D eigenvalue weighted by atomic mass is 10.1. The van der Waals surface area contributed by atoms with Gasteiger partial charge in [-0.15, -0.1) is 0 Å². The van der Waals surface area contributed by atoms with Crippen LogP contribution in [0.2, 0.25) is 0 Å². The number of carbonyl (C=O) groups excluding carboxylic acids is 1. The van der Waals surface area contributed by atoms with E-state index in [2.05, 4.69) is 15.2 Å². The molecule has 0 bridgehead atoms. The van der Waals surface area contributed by atoms with Gasteiger partial charge in [0.25, 0.3) is 5.91 Å². The minimum Gasteiger partial charge on any atom is -0.492 e. The lowest BCUT2D eigenvalue weighted by Gasteiger charge is -2.11. The van der Waals surface area contributed by atoms with E-state index in [-0.39, 0.29) is 5.91 Å². The molecule has 5 heteroatoms. The number of carbonyl (C=O) groups is 1. The van der Waals surface area contributed by atoms with E-state index in [4.69, 9.17) is 4.74 Å². The second-order valence-corrected chi connectivity index (χ2v) is 6.01. The molecule has 5 nitrogen and oxygen atoms in total. The number of nitrogens with one attached hydrogen (secondary N) is 1. The highest BCUT2D eigenvalue weighted by Crippen LogP contribution is 2.21. The standard InChI is InChI=1S/C20H21N3O2/c1-23(2)13-14-25-17-10-8-16(9-11-17)20(24)22-18-7-3-5-15-6-4-12-21-19(15)18/h3-12H,13-14H2,1-2H3,(H,22,24). The molecule has 1 heterocycles. The number of para-hydroxylation sites is 1. The summed E-state index contributed by atoms with van der Waals surface area (Å²) in [4.78, 5) is 18.9. The fourth-order valence-electron chi connectivity index (χ4n) is 2.45. The smallest absolute Gasteiger partial charge is 0.255 e. The number of hydrogen-bond acceptors (Lipinski definition) is 4. The van der Waals surface area contributed by atoms with Crippen LogP contribution in [0.1, 0.15) is 10.4 Å². The van der Waals surface area contributed by atoms with Gasteiger partial charge < -0.3 is 15.0 Å². The van der Waals surface area contributed by atoms with Crippen molar-refractivity contribution in [1.29, 1.82) is 0 Å². The van der Waals surface area contributed by atoms with Gasteiger partial charge in [-0.3, -0.25) is 9.78 Å². The monoisotopic (exact) mass is 335 g/mol. The van der Waals surface area contributed by atoms with E-state index < -0.39 is 0 Å². The van der Waals surface area contributed by atoms with E-state index in [1.54, 1.807) is 18.3 Å². The topological polar surface area (TPSA) is 54.5 Å². The maximum absolute atomic E-state index is 12.5. The SMILES string of the molecule is CN(C)CCOc1ccc(C(=O)Nc2cccc3cccnc23)cc1. The van der Waals surface area contributed by atoms with Gasteiger partial charge in [-0.25, -0.2) is 0 Å². The summed E-state index contributed by atoms with van der Waals surface area (Å²) in [6.45, 7) is 1.45. The molecule has 25 heavy (non-hydrogen) atoms. The number of hydrogen-bond donors (Lipinski definition) is 1. The number of fused-ring (bicyclic) bond motifs is 1. The lowest BCUT2D eigenvalue weighted by molar-refractivity contribution is 0.102. The number of nitrogens with zero attached hydrogens (tertiary/aromatic N) is 2. The molecule has 128 valence electrons. The van der Waals surface area contributed by atoms with Gasteiger partial charge in [0.05, 0.1) is 11.2 Å². The van der Waals surface area contributed by atoms with Crippen LogP contribution in [0.4, 0.5) is 5.69 Å². The zero-order valence-electron chi connectivity index (χ0n) is 14.4. The summed E-state index contributed by atoms with van der Waals surface area (Å²) in [5, 5.41) is 3.92. The van der Waals surface area contributed by atoms with Crippen molar-refractivity contribution < 1.29 is 9.53 Å². The summed E-state index contributed by atoms with van der Waals surface area (Å²) in [7, 11) is 4.00. The first kappa shape index (κ1) is 16.9. The van der Waals surface area contributed by atoms with E-state index in [0.29, 0.717) is 17.9 Å². The number of aromatic nitrogens is 1. The molecule has 0 aliphatic carbocycles. The third kappa shape index (κ3) is 4.33. The first-order valence-electron chi connectivity index (χ1n) is 8.16. The van der Waals surface area contributed by atoms with Gasteiger partial charge in [-0.2, -0.15) is 0 Å². The number of rotatable bonds is 6. The van der Waals surface area contributed by atoms with E-state index in [0.717, 1.165) is 23.2 Å². The first-order valence-corrected chi connectivity index (χ1v) is 8.16. The Hall–Kier alpha value is -2.92. The Labute approximate surface area is 147 Å². The number of pyridine rings is 1.